The molecule has 0 bridgehead atoms. The van der Waals surface area contributed by atoms with Gasteiger partial charge in [-0.1, -0.05) is 18.2 Å². The van der Waals surface area contributed by atoms with E-state index in [1.807, 2.05) is 50.2 Å². The number of aromatic nitrogens is 1. The molecule has 17 heavy (non-hydrogen) atoms. The highest BCUT2D eigenvalue weighted by Gasteiger charge is 2.09. The fourth-order valence-electron chi connectivity index (χ4n) is 1.63. The summed E-state index contributed by atoms with van der Waals surface area (Å²) in [6.45, 7) is 3.94. The Kier molecular flexibility index (Phi) is 3.40. The fourth-order valence-corrected chi connectivity index (χ4v) is 1.63. The van der Waals surface area contributed by atoms with Gasteiger partial charge in [-0.05, 0) is 37.6 Å². The number of hydrogen-bond donors (Lipinski definition) is 1. The minimum Gasteiger partial charge on any atom is -0.439 e. The number of nitrogens with two attached hydrogens (primary N) is 1. The van der Waals surface area contributed by atoms with Crippen molar-refractivity contribution in [3.05, 3.63) is 53.7 Å². The Labute approximate surface area is 101 Å². The van der Waals surface area contributed by atoms with E-state index in [4.69, 9.17) is 10.5 Å². The van der Waals surface area contributed by atoms with Gasteiger partial charge in [0.25, 0.3) is 0 Å². The molecular weight excluding hydrogens is 212 g/mol. The van der Waals surface area contributed by atoms with E-state index in [9.17, 15) is 0 Å². The van der Waals surface area contributed by atoms with Crippen molar-refractivity contribution in [2.24, 2.45) is 5.73 Å². The van der Waals surface area contributed by atoms with E-state index in [1.165, 1.54) is 0 Å². The van der Waals surface area contributed by atoms with E-state index in [0.717, 1.165) is 16.9 Å². The molecule has 2 N–H and O–H groups in total. The van der Waals surface area contributed by atoms with Crippen LogP contribution in [0.1, 0.15) is 24.1 Å². The largest absolute Gasteiger partial charge is 0.439 e. The van der Waals surface area contributed by atoms with Gasteiger partial charge in [-0.2, -0.15) is 0 Å². The number of benzene rings is 1. The van der Waals surface area contributed by atoms with Crippen LogP contribution >= 0.6 is 0 Å². The van der Waals surface area contributed by atoms with Crippen molar-refractivity contribution in [1.82, 2.24) is 4.98 Å². The molecule has 2 aromatic rings. The summed E-state index contributed by atoms with van der Waals surface area (Å²) >= 11 is 0. The molecule has 0 fully saturated rings. The molecule has 3 heteroatoms. The number of aryl methyl sites for hydroxylation is 1. The molecule has 0 radical (unpaired) electrons. The van der Waals surface area contributed by atoms with E-state index in [1.54, 1.807) is 6.20 Å². The van der Waals surface area contributed by atoms with Crippen LogP contribution in [0, 0.1) is 6.92 Å². The molecule has 0 spiro atoms. The van der Waals surface area contributed by atoms with Gasteiger partial charge in [-0.15, -0.1) is 0 Å². The van der Waals surface area contributed by atoms with Crippen molar-refractivity contribution in [1.29, 1.82) is 0 Å². The molecule has 0 saturated heterocycles. The van der Waals surface area contributed by atoms with E-state index in [-0.39, 0.29) is 6.04 Å². The van der Waals surface area contributed by atoms with Crippen LogP contribution < -0.4 is 10.5 Å². The standard InChI is InChI=1S/C14H16N2O/c1-10-5-3-6-12(9-10)17-14-13(11(2)15)7-4-8-16-14/h3-9,11H,15H2,1-2H3. The van der Waals surface area contributed by atoms with Crippen molar-refractivity contribution < 1.29 is 4.74 Å². The lowest BCUT2D eigenvalue weighted by Gasteiger charge is -2.12. The normalized spacial score (nSPS) is 12.2. The van der Waals surface area contributed by atoms with E-state index < -0.39 is 0 Å². The Bertz CT molecular complexity index is 509. The molecule has 0 aliphatic carbocycles. The third-order valence-electron chi connectivity index (χ3n) is 2.50. The van der Waals surface area contributed by atoms with Crippen LogP contribution in [0.2, 0.25) is 0 Å². The third-order valence-corrected chi connectivity index (χ3v) is 2.50. The molecule has 3 nitrogen and oxygen atoms in total. The van der Waals surface area contributed by atoms with Gasteiger partial charge in [0.2, 0.25) is 5.88 Å². The molecule has 0 amide bonds. The zero-order valence-electron chi connectivity index (χ0n) is 10.1. The van der Waals surface area contributed by atoms with Crippen LogP contribution in [-0.2, 0) is 0 Å². The van der Waals surface area contributed by atoms with Crippen molar-refractivity contribution in [3.63, 3.8) is 0 Å². The SMILES string of the molecule is Cc1cccc(Oc2ncccc2C(C)N)c1. The Morgan fingerprint density at radius 3 is 2.76 bits per heavy atom. The molecule has 1 aromatic carbocycles. The van der Waals surface area contributed by atoms with Gasteiger partial charge in [0.1, 0.15) is 5.75 Å². The fraction of sp³-hybridized carbons (Fsp3) is 0.214. The highest BCUT2D eigenvalue weighted by molar-refractivity contribution is 5.35. The number of hydrogen-bond acceptors (Lipinski definition) is 3. The first-order valence-electron chi connectivity index (χ1n) is 5.62. The quantitative estimate of drug-likeness (QED) is 0.877. The Morgan fingerprint density at radius 2 is 2.06 bits per heavy atom. The van der Waals surface area contributed by atoms with Crippen LogP contribution in [0.5, 0.6) is 11.6 Å². The first kappa shape index (κ1) is 11.6. The van der Waals surface area contributed by atoms with Gasteiger partial charge in [0, 0.05) is 17.8 Å². The first-order chi connectivity index (χ1) is 8.16. The molecule has 1 aromatic heterocycles. The van der Waals surface area contributed by atoms with Gasteiger partial charge in [-0.25, -0.2) is 4.98 Å². The highest BCUT2D eigenvalue weighted by atomic mass is 16.5. The number of ether oxygens (including phenoxy) is 1. The summed E-state index contributed by atoms with van der Waals surface area (Å²) in [7, 11) is 0. The monoisotopic (exact) mass is 228 g/mol. The van der Waals surface area contributed by atoms with E-state index >= 15 is 0 Å². The average molecular weight is 228 g/mol. The summed E-state index contributed by atoms with van der Waals surface area (Å²) in [6.07, 6.45) is 1.71. The molecule has 0 aliphatic heterocycles. The lowest BCUT2D eigenvalue weighted by molar-refractivity contribution is 0.452. The van der Waals surface area contributed by atoms with Crippen molar-refractivity contribution >= 4 is 0 Å². The Balaban J connectivity index is 2.30. The zero-order valence-corrected chi connectivity index (χ0v) is 10.1. The van der Waals surface area contributed by atoms with Crippen LogP contribution in [0.4, 0.5) is 0 Å². The third kappa shape index (κ3) is 2.82. The van der Waals surface area contributed by atoms with Crippen LogP contribution in [0.25, 0.3) is 0 Å². The predicted octanol–water partition coefficient (Wildman–Crippen LogP) is 3.20. The number of pyridine rings is 1. The number of rotatable bonds is 3. The lowest BCUT2D eigenvalue weighted by Crippen LogP contribution is -2.07. The van der Waals surface area contributed by atoms with Crippen molar-refractivity contribution in [3.8, 4) is 11.6 Å². The van der Waals surface area contributed by atoms with Gasteiger partial charge in [0.15, 0.2) is 0 Å². The zero-order chi connectivity index (χ0) is 12.3. The van der Waals surface area contributed by atoms with Crippen LogP contribution in [0.3, 0.4) is 0 Å². The van der Waals surface area contributed by atoms with Crippen LogP contribution in [-0.4, -0.2) is 4.98 Å². The van der Waals surface area contributed by atoms with E-state index in [0.29, 0.717) is 5.88 Å². The minimum atomic E-state index is -0.0940. The second kappa shape index (κ2) is 4.97. The number of nitrogens with zero attached hydrogens (tertiary/aromatic N) is 1. The molecule has 1 atom stereocenters. The van der Waals surface area contributed by atoms with Crippen molar-refractivity contribution in [2.45, 2.75) is 19.9 Å². The minimum absolute atomic E-state index is 0.0940. The Hall–Kier alpha value is -1.87. The molecule has 0 aliphatic rings. The smallest absolute Gasteiger partial charge is 0.223 e. The lowest BCUT2D eigenvalue weighted by atomic mass is 10.1. The van der Waals surface area contributed by atoms with Gasteiger partial charge in [0.05, 0.1) is 0 Å². The maximum absolute atomic E-state index is 5.88. The topological polar surface area (TPSA) is 48.1 Å². The Morgan fingerprint density at radius 1 is 1.24 bits per heavy atom. The molecule has 1 unspecified atom stereocenters. The molecule has 0 saturated carbocycles. The average Bonchev–Trinajstić information content (AvgIpc) is 2.29. The van der Waals surface area contributed by atoms with Gasteiger partial charge in [-0.3, -0.25) is 0 Å². The summed E-state index contributed by atoms with van der Waals surface area (Å²) in [5, 5.41) is 0. The predicted molar refractivity (Wildman–Crippen MR) is 68.1 cm³/mol. The summed E-state index contributed by atoms with van der Waals surface area (Å²) in [5.41, 5.74) is 7.94. The molecular formula is C14H16N2O. The summed E-state index contributed by atoms with van der Waals surface area (Å²) in [5.74, 6) is 1.36. The summed E-state index contributed by atoms with van der Waals surface area (Å²) < 4.78 is 5.76. The summed E-state index contributed by atoms with van der Waals surface area (Å²) in [6, 6.07) is 11.6. The highest BCUT2D eigenvalue weighted by Crippen LogP contribution is 2.26. The van der Waals surface area contributed by atoms with Crippen LogP contribution in [0.15, 0.2) is 42.6 Å². The van der Waals surface area contributed by atoms with E-state index in [2.05, 4.69) is 4.98 Å². The molecule has 88 valence electrons. The molecule has 1 heterocycles. The second-order valence-electron chi connectivity index (χ2n) is 4.11. The second-order valence-corrected chi connectivity index (χ2v) is 4.11. The van der Waals surface area contributed by atoms with Crippen molar-refractivity contribution in [2.75, 3.05) is 0 Å². The maximum Gasteiger partial charge on any atom is 0.223 e. The maximum atomic E-state index is 5.88. The van der Waals surface area contributed by atoms with Gasteiger partial charge >= 0.3 is 0 Å². The first-order valence-corrected chi connectivity index (χ1v) is 5.62. The molecule has 2 rings (SSSR count). The van der Waals surface area contributed by atoms with Gasteiger partial charge < -0.3 is 10.5 Å². The summed E-state index contributed by atoms with van der Waals surface area (Å²) in [4.78, 5) is 4.22.